The van der Waals surface area contributed by atoms with Gasteiger partial charge in [-0.25, -0.2) is 0 Å². The van der Waals surface area contributed by atoms with Crippen LogP contribution in [0.25, 0.3) is 0 Å². The summed E-state index contributed by atoms with van der Waals surface area (Å²) < 4.78 is 6.21. The summed E-state index contributed by atoms with van der Waals surface area (Å²) >= 11 is 6.50. The Morgan fingerprint density at radius 2 is 1.84 bits per heavy atom. The van der Waals surface area contributed by atoms with Crippen molar-refractivity contribution < 1.29 is 14.3 Å². The number of halogens is 2. The van der Waals surface area contributed by atoms with E-state index in [4.69, 9.17) is 4.74 Å². The van der Waals surface area contributed by atoms with Gasteiger partial charge in [-0.1, -0.05) is 34.1 Å². The van der Waals surface area contributed by atoms with Crippen molar-refractivity contribution in [3.05, 3.63) is 56.2 Å². The van der Waals surface area contributed by atoms with Gasteiger partial charge in [0.1, 0.15) is 0 Å². The molecule has 0 spiro atoms. The first-order valence-electron chi connectivity index (χ1n) is 5.51. The summed E-state index contributed by atoms with van der Waals surface area (Å²) in [5, 5.41) is 0. The van der Waals surface area contributed by atoms with Gasteiger partial charge in [0, 0.05) is 17.0 Å². The highest BCUT2D eigenvalue weighted by Crippen LogP contribution is 2.28. The standard InChI is InChI=1S/C14H10Br2O3/c1-19-14-9(12(17)7-11(16)13(14)18)6-8-4-2-3-5-10(8)15/h2-5,7H,6H2,1H3. The van der Waals surface area contributed by atoms with Crippen LogP contribution in [0.4, 0.5) is 0 Å². The fourth-order valence-corrected chi connectivity index (χ4v) is 2.65. The van der Waals surface area contributed by atoms with E-state index in [-0.39, 0.29) is 21.8 Å². The molecule has 98 valence electrons. The fraction of sp³-hybridized carbons (Fsp3) is 0.143. The van der Waals surface area contributed by atoms with Crippen LogP contribution in [0.3, 0.4) is 0 Å². The summed E-state index contributed by atoms with van der Waals surface area (Å²) in [5.41, 5.74) is 1.31. The maximum atomic E-state index is 12.0. The maximum Gasteiger partial charge on any atom is 0.235 e. The molecule has 0 atom stereocenters. The van der Waals surface area contributed by atoms with Crippen molar-refractivity contribution >= 4 is 43.4 Å². The Kier molecular flexibility index (Phi) is 4.37. The van der Waals surface area contributed by atoms with E-state index < -0.39 is 0 Å². The maximum absolute atomic E-state index is 12.0. The Morgan fingerprint density at radius 3 is 2.47 bits per heavy atom. The van der Waals surface area contributed by atoms with Crippen LogP contribution in [0.2, 0.25) is 0 Å². The van der Waals surface area contributed by atoms with Crippen LogP contribution in [-0.2, 0) is 20.7 Å². The highest BCUT2D eigenvalue weighted by Gasteiger charge is 2.28. The van der Waals surface area contributed by atoms with E-state index in [1.54, 1.807) is 0 Å². The van der Waals surface area contributed by atoms with Crippen molar-refractivity contribution in [1.29, 1.82) is 0 Å². The lowest BCUT2D eigenvalue weighted by atomic mass is 9.95. The minimum Gasteiger partial charge on any atom is -0.492 e. The zero-order valence-corrected chi connectivity index (χ0v) is 13.2. The lowest BCUT2D eigenvalue weighted by molar-refractivity contribution is -0.117. The number of ketones is 2. The van der Waals surface area contributed by atoms with Gasteiger partial charge < -0.3 is 4.74 Å². The molecule has 0 aliphatic heterocycles. The molecule has 2 rings (SSSR count). The van der Waals surface area contributed by atoms with E-state index in [1.165, 1.54) is 13.2 Å². The molecule has 5 heteroatoms. The average molecular weight is 386 g/mol. The third kappa shape index (κ3) is 2.87. The van der Waals surface area contributed by atoms with E-state index >= 15 is 0 Å². The van der Waals surface area contributed by atoms with Gasteiger partial charge in [-0.3, -0.25) is 9.59 Å². The first kappa shape index (κ1) is 14.2. The molecule has 0 heterocycles. The van der Waals surface area contributed by atoms with Crippen LogP contribution in [-0.4, -0.2) is 18.7 Å². The van der Waals surface area contributed by atoms with Gasteiger partial charge in [-0.2, -0.15) is 0 Å². The lowest BCUT2D eigenvalue weighted by Gasteiger charge is -2.16. The van der Waals surface area contributed by atoms with Crippen molar-refractivity contribution in [3.8, 4) is 0 Å². The molecule has 0 fully saturated rings. The SMILES string of the molecule is COC1=C(Cc2ccccc2Br)C(=O)C=C(Br)C1=O. The van der Waals surface area contributed by atoms with Gasteiger partial charge in [0.05, 0.1) is 17.2 Å². The van der Waals surface area contributed by atoms with Gasteiger partial charge in [0.25, 0.3) is 0 Å². The first-order chi connectivity index (χ1) is 9.04. The molecular formula is C14H10Br2O3. The third-order valence-electron chi connectivity index (χ3n) is 2.78. The lowest BCUT2D eigenvalue weighted by Crippen LogP contribution is -2.19. The molecule has 0 saturated carbocycles. The number of allylic oxidation sites excluding steroid dienone is 3. The summed E-state index contributed by atoms with van der Waals surface area (Å²) in [6, 6.07) is 7.57. The van der Waals surface area contributed by atoms with Crippen LogP contribution in [0.15, 0.2) is 50.6 Å². The van der Waals surface area contributed by atoms with Gasteiger partial charge >= 0.3 is 0 Å². The Labute approximate surface area is 127 Å². The number of ether oxygens (including phenoxy) is 1. The molecule has 3 nitrogen and oxygen atoms in total. The number of carbonyl (C=O) groups is 2. The number of hydrogen-bond acceptors (Lipinski definition) is 3. The number of carbonyl (C=O) groups excluding carboxylic acids is 2. The summed E-state index contributed by atoms with van der Waals surface area (Å²) in [7, 11) is 1.39. The number of rotatable bonds is 3. The quantitative estimate of drug-likeness (QED) is 0.749. The van der Waals surface area contributed by atoms with Crippen molar-refractivity contribution in [1.82, 2.24) is 0 Å². The van der Waals surface area contributed by atoms with Gasteiger partial charge in [-0.05, 0) is 27.6 Å². The number of benzene rings is 1. The molecule has 0 N–H and O–H groups in total. The monoisotopic (exact) mass is 384 g/mol. The van der Waals surface area contributed by atoms with Crippen molar-refractivity contribution in [2.75, 3.05) is 7.11 Å². The second kappa shape index (κ2) is 5.84. The smallest absolute Gasteiger partial charge is 0.235 e. The molecule has 0 saturated heterocycles. The predicted octanol–water partition coefficient (Wildman–Crippen LogP) is 3.32. The normalized spacial score (nSPS) is 15.6. The topological polar surface area (TPSA) is 43.4 Å². The van der Waals surface area contributed by atoms with Crippen molar-refractivity contribution in [2.45, 2.75) is 6.42 Å². The summed E-state index contributed by atoms with van der Waals surface area (Å²) in [6.07, 6.45) is 1.64. The molecule has 19 heavy (non-hydrogen) atoms. The van der Waals surface area contributed by atoms with Crippen LogP contribution >= 0.6 is 31.9 Å². The highest BCUT2D eigenvalue weighted by atomic mass is 79.9. The zero-order chi connectivity index (χ0) is 14.0. The highest BCUT2D eigenvalue weighted by molar-refractivity contribution is 9.12. The van der Waals surface area contributed by atoms with Gasteiger partial charge in [0.15, 0.2) is 11.5 Å². The summed E-state index contributed by atoms with van der Waals surface area (Å²) in [5.74, 6) is -0.404. The number of Topliss-reactive ketones (excluding diaryl/α,β-unsaturated/α-hetero) is 1. The van der Waals surface area contributed by atoms with E-state index in [1.807, 2.05) is 24.3 Å². The van der Waals surface area contributed by atoms with Crippen LogP contribution in [0.1, 0.15) is 5.56 Å². The molecule has 0 aromatic heterocycles. The largest absolute Gasteiger partial charge is 0.492 e. The predicted molar refractivity (Wildman–Crippen MR) is 78.9 cm³/mol. The van der Waals surface area contributed by atoms with Crippen LogP contribution in [0.5, 0.6) is 0 Å². The van der Waals surface area contributed by atoms with E-state index in [0.29, 0.717) is 12.0 Å². The molecule has 0 unspecified atom stereocenters. The van der Waals surface area contributed by atoms with Crippen LogP contribution in [0, 0.1) is 0 Å². The molecule has 1 aliphatic rings. The van der Waals surface area contributed by atoms with Crippen molar-refractivity contribution in [2.24, 2.45) is 0 Å². The molecule has 1 aromatic carbocycles. The Bertz CT molecular complexity index is 615. The van der Waals surface area contributed by atoms with Gasteiger partial charge in [0.2, 0.25) is 5.78 Å². The van der Waals surface area contributed by atoms with Crippen LogP contribution < -0.4 is 0 Å². The average Bonchev–Trinajstić information content (AvgIpc) is 2.38. The third-order valence-corrected chi connectivity index (χ3v) is 4.14. The summed E-state index contributed by atoms with van der Waals surface area (Å²) in [4.78, 5) is 23.9. The van der Waals surface area contributed by atoms with E-state index in [2.05, 4.69) is 31.9 Å². The molecule has 0 radical (unpaired) electrons. The molecule has 1 aromatic rings. The Morgan fingerprint density at radius 1 is 1.16 bits per heavy atom. The summed E-state index contributed by atoms with van der Waals surface area (Å²) in [6.45, 7) is 0. The molecule has 1 aliphatic carbocycles. The van der Waals surface area contributed by atoms with E-state index in [9.17, 15) is 9.59 Å². The Balaban J connectivity index is 2.42. The minimum atomic E-state index is -0.302. The first-order valence-corrected chi connectivity index (χ1v) is 7.10. The molecule has 0 bridgehead atoms. The Hall–Kier alpha value is -1.20. The number of methoxy groups -OCH3 is 1. The van der Waals surface area contributed by atoms with E-state index in [0.717, 1.165) is 10.0 Å². The van der Waals surface area contributed by atoms with Crippen molar-refractivity contribution in [3.63, 3.8) is 0 Å². The number of hydrogen-bond donors (Lipinski definition) is 0. The minimum absolute atomic E-state index is 0.107. The van der Waals surface area contributed by atoms with Gasteiger partial charge in [-0.15, -0.1) is 0 Å². The molecular weight excluding hydrogens is 376 g/mol. The second-order valence-corrected chi connectivity index (χ2v) is 5.67. The molecule has 0 amide bonds. The fourth-order valence-electron chi connectivity index (χ4n) is 1.84. The zero-order valence-electron chi connectivity index (χ0n) is 10.1. The second-order valence-electron chi connectivity index (χ2n) is 3.97.